The Morgan fingerprint density at radius 1 is 1.53 bits per heavy atom. The van der Waals surface area contributed by atoms with Gasteiger partial charge in [-0.2, -0.15) is 0 Å². The summed E-state index contributed by atoms with van der Waals surface area (Å²) < 4.78 is 10.2. The molecule has 0 aliphatic carbocycles. The Labute approximate surface area is 90.8 Å². The lowest BCUT2D eigenvalue weighted by molar-refractivity contribution is 0.106. The van der Waals surface area contributed by atoms with E-state index in [0.717, 1.165) is 19.3 Å². The molecule has 1 aromatic rings. The molecule has 1 rings (SSSR count). The van der Waals surface area contributed by atoms with Crippen molar-refractivity contribution in [2.75, 3.05) is 7.11 Å². The number of methoxy groups -OCH3 is 1. The molecule has 0 saturated carbocycles. The topological polar surface area (TPSA) is 60.4 Å². The van der Waals surface area contributed by atoms with Crippen molar-refractivity contribution in [3.8, 4) is 0 Å². The van der Waals surface area contributed by atoms with E-state index in [1.165, 1.54) is 5.56 Å². The molecule has 2 unspecified atom stereocenters. The lowest BCUT2D eigenvalue weighted by Crippen LogP contribution is -2.37. The van der Waals surface area contributed by atoms with Crippen molar-refractivity contribution in [3.05, 3.63) is 24.2 Å². The van der Waals surface area contributed by atoms with E-state index >= 15 is 0 Å². The summed E-state index contributed by atoms with van der Waals surface area (Å²) in [7, 11) is 1.73. The lowest BCUT2D eigenvalue weighted by atomic mass is 10.0. The molecule has 0 amide bonds. The summed E-state index contributed by atoms with van der Waals surface area (Å²) in [5, 5.41) is 0. The number of furan rings is 1. The van der Waals surface area contributed by atoms with Gasteiger partial charge in [0.25, 0.3) is 0 Å². The van der Waals surface area contributed by atoms with Gasteiger partial charge in [-0.3, -0.25) is 11.3 Å². The number of ether oxygens (including phenoxy) is 1. The Hall–Kier alpha value is -0.840. The standard InChI is InChI=1S/C11H20N2O2/c1-9(14-2)3-4-11(13-12)7-10-5-6-15-8-10/h5-6,8-9,11,13H,3-4,7,12H2,1-2H3. The Balaban J connectivity index is 2.30. The second-order valence-corrected chi connectivity index (χ2v) is 3.82. The van der Waals surface area contributed by atoms with E-state index in [9.17, 15) is 0 Å². The van der Waals surface area contributed by atoms with Gasteiger partial charge in [-0.1, -0.05) is 0 Å². The first kappa shape index (κ1) is 12.2. The average molecular weight is 212 g/mol. The van der Waals surface area contributed by atoms with E-state index in [1.54, 1.807) is 19.6 Å². The SMILES string of the molecule is COC(C)CCC(Cc1ccoc1)NN. The maximum atomic E-state index is 5.50. The van der Waals surface area contributed by atoms with E-state index in [4.69, 9.17) is 15.0 Å². The summed E-state index contributed by atoms with van der Waals surface area (Å²) in [5.74, 6) is 5.50. The number of hydrogen-bond donors (Lipinski definition) is 2. The molecule has 4 nitrogen and oxygen atoms in total. The minimum atomic E-state index is 0.278. The van der Waals surface area contributed by atoms with Crippen molar-refractivity contribution < 1.29 is 9.15 Å². The summed E-state index contributed by atoms with van der Waals surface area (Å²) in [6.45, 7) is 2.06. The third-order valence-corrected chi connectivity index (χ3v) is 2.62. The number of hydrogen-bond acceptors (Lipinski definition) is 4. The zero-order chi connectivity index (χ0) is 11.1. The Morgan fingerprint density at radius 3 is 2.87 bits per heavy atom. The second-order valence-electron chi connectivity index (χ2n) is 3.82. The summed E-state index contributed by atoms with van der Waals surface area (Å²) in [4.78, 5) is 0. The van der Waals surface area contributed by atoms with Crippen molar-refractivity contribution in [2.45, 2.75) is 38.3 Å². The third-order valence-electron chi connectivity index (χ3n) is 2.62. The van der Waals surface area contributed by atoms with E-state index < -0.39 is 0 Å². The largest absolute Gasteiger partial charge is 0.472 e. The van der Waals surface area contributed by atoms with Gasteiger partial charge < -0.3 is 9.15 Å². The Bertz CT molecular complexity index is 249. The van der Waals surface area contributed by atoms with E-state index in [1.807, 2.05) is 6.07 Å². The van der Waals surface area contributed by atoms with Crippen LogP contribution in [0.5, 0.6) is 0 Å². The highest BCUT2D eigenvalue weighted by Crippen LogP contribution is 2.10. The zero-order valence-corrected chi connectivity index (χ0v) is 9.40. The van der Waals surface area contributed by atoms with Crippen molar-refractivity contribution >= 4 is 0 Å². The van der Waals surface area contributed by atoms with Gasteiger partial charge in [-0.25, -0.2) is 0 Å². The van der Waals surface area contributed by atoms with Crippen molar-refractivity contribution in [1.82, 2.24) is 5.43 Å². The first-order valence-corrected chi connectivity index (χ1v) is 5.26. The van der Waals surface area contributed by atoms with Gasteiger partial charge in [0.15, 0.2) is 0 Å². The summed E-state index contributed by atoms with van der Waals surface area (Å²) in [6.07, 6.45) is 6.61. The molecular weight excluding hydrogens is 192 g/mol. The van der Waals surface area contributed by atoms with Gasteiger partial charge in [0.05, 0.1) is 18.6 Å². The highest BCUT2D eigenvalue weighted by Gasteiger charge is 2.10. The lowest BCUT2D eigenvalue weighted by Gasteiger charge is -2.17. The normalized spacial score (nSPS) is 15.1. The maximum absolute atomic E-state index is 5.50. The fraction of sp³-hybridized carbons (Fsp3) is 0.636. The number of nitrogens with two attached hydrogens (primary N) is 1. The first-order chi connectivity index (χ1) is 7.26. The molecule has 86 valence electrons. The van der Waals surface area contributed by atoms with Crippen LogP contribution < -0.4 is 11.3 Å². The van der Waals surface area contributed by atoms with Crippen molar-refractivity contribution in [2.24, 2.45) is 5.84 Å². The van der Waals surface area contributed by atoms with Crippen LogP contribution in [-0.2, 0) is 11.2 Å². The minimum absolute atomic E-state index is 0.278. The fourth-order valence-corrected chi connectivity index (χ4v) is 1.49. The van der Waals surface area contributed by atoms with E-state index in [2.05, 4.69) is 12.3 Å². The van der Waals surface area contributed by atoms with E-state index in [0.29, 0.717) is 0 Å². The maximum Gasteiger partial charge on any atom is 0.0935 e. The molecule has 0 spiro atoms. The molecule has 3 N–H and O–H groups in total. The molecule has 0 saturated heterocycles. The molecule has 0 aliphatic rings. The molecule has 1 heterocycles. The van der Waals surface area contributed by atoms with Gasteiger partial charge in [0.2, 0.25) is 0 Å². The van der Waals surface area contributed by atoms with Crippen LogP contribution in [0.4, 0.5) is 0 Å². The average Bonchev–Trinajstić information content (AvgIpc) is 2.76. The predicted octanol–water partition coefficient (Wildman–Crippen LogP) is 1.47. The predicted molar refractivity (Wildman–Crippen MR) is 59.2 cm³/mol. The van der Waals surface area contributed by atoms with Crippen LogP contribution in [-0.4, -0.2) is 19.3 Å². The van der Waals surface area contributed by atoms with Crippen LogP contribution in [0.3, 0.4) is 0 Å². The highest BCUT2D eigenvalue weighted by atomic mass is 16.5. The molecular formula is C11H20N2O2. The number of hydrazine groups is 1. The Morgan fingerprint density at radius 2 is 2.33 bits per heavy atom. The van der Waals surface area contributed by atoms with Gasteiger partial charge in [0, 0.05) is 13.2 Å². The van der Waals surface area contributed by atoms with Gasteiger partial charge >= 0.3 is 0 Å². The smallest absolute Gasteiger partial charge is 0.0935 e. The molecule has 0 fully saturated rings. The van der Waals surface area contributed by atoms with Gasteiger partial charge in [-0.05, 0) is 37.8 Å². The number of rotatable bonds is 7. The molecule has 0 bridgehead atoms. The molecule has 0 radical (unpaired) electrons. The van der Waals surface area contributed by atoms with Crippen LogP contribution >= 0.6 is 0 Å². The van der Waals surface area contributed by atoms with Crippen LogP contribution in [0.15, 0.2) is 23.0 Å². The van der Waals surface area contributed by atoms with Crippen LogP contribution in [0.1, 0.15) is 25.3 Å². The number of nitrogens with one attached hydrogen (secondary N) is 1. The van der Waals surface area contributed by atoms with E-state index in [-0.39, 0.29) is 12.1 Å². The van der Waals surface area contributed by atoms with Gasteiger partial charge in [0.1, 0.15) is 0 Å². The molecule has 15 heavy (non-hydrogen) atoms. The van der Waals surface area contributed by atoms with Crippen LogP contribution in [0, 0.1) is 0 Å². The van der Waals surface area contributed by atoms with Gasteiger partial charge in [-0.15, -0.1) is 0 Å². The monoisotopic (exact) mass is 212 g/mol. The molecule has 0 aliphatic heterocycles. The summed E-state index contributed by atoms with van der Waals surface area (Å²) in [5.41, 5.74) is 3.99. The van der Waals surface area contributed by atoms with Crippen LogP contribution in [0.25, 0.3) is 0 Å². The van der Waals surface area contributed by atoms with Crippen molar-refractivity contribution in [3.63, 3.8) is 0 Å². The van der Waals surface area contributed by atoms with Crippen molar-refractivity contribution in [1.29, 1.82) is 0 Å². The van der Waals surface area contributed by atoms with Crippen LogP contribution in [0.2, 0.25) is 0 Å². The molecule has 2 atom stereocenters. The molecule has 1 aromatic heterocycles. The Kier molecular flexibility index (Phi) is 5.39. The summed E-state index contributed by atoms with van der Waals surface area (Å²) in [6, 6.07) is 2.24. The third kappa shape index (κ3) is 4.46. The minimum Gasteiger partial charge on any atom is -0.472 e. The summed E-state index contributed by atoms with van der Waals surface area (Å²) >= 11 is 0. The second kappa shape index (κ2) is 6.61. The molecule has 4 heteroatoms. The fourth-order valence-electron chi connectivity index (χ4n) is 1.49. The molecule has 0 aromatic carbocycles. The highest BCUT2D eigenvalue weighted by molar-refractivity contribution is 5.07. The first-order valence-electron chi connectivity index (χ1n) is 5.26. The zero-order valence-electron chi connectivity index (χ0n) is 9.40. The quantitative estimate of drug-likeness (QED) is 0.531.